The number of nitrogens with zero attached hydrogens (tertiary/aromatic N) is 18. The molecule has 712 valence electrons. The molecule has 5 saturated carbocycles. The van der Waals surface area contributed by atoms with Gasteiger partial charge in [-0.05, 0) is 182 Å². The number of primary sulfonamides is 1. The second kappa shape index (κ2) is 41.6. The van der Waals surface area contributed by atoms with Crippen molar-refractivity contribution in [3.63, 3.8) is 0 Å². The van der Waals surface area contributed by atoms with Crippen molar-refractivity contribution in [2.45, 2.75) is 133 Å². The van der Waals surface area contributed by atoms with Crippen molar-refractivity contribution < 1.29 is 40.3 Å². The molecule has 6 aliphatic rings. The Labute approximate surface area is 807 Å². The van der Waals surface area contributed by atoms with Gasteiger partial charge < -0.3 is 53.0 Å². The number of thiophene rings is 1. The van der Waals surface area contributed by atoms with Crippen LogP contribution in [-0.2, 0) is 36.3 Å². The maximum atomic E-state index is 12.8. The van der Waals surface area contributed by atoms with Crippen LogP contribution in [-0.4, -0.2) is 180 Å². The van der Waals surface area contributed by atoms with Crippen molar-refractivity contribution in [1.29, 1.82) is 5.26 Å². The lowest BCUT2D eigenvalue weighted by atomic mass is 10.1. The summed E-state index contributed by atoms with van der Waals surface area (Å²) in [4.78, 5) is 46.1. The van der Waals surface area contributed by atoms with Crippen molar-refractivity contribution in [1.82, 2.24) is 110 Å². The second-order valence-electron chi connectivity index (χ2n) is 33.3. The summed E-state index contributed by atoms with van der Waals surface area (Å²) in [6.07, 6.45) is 27.7. The van der Waals surface area contributed by atoms with Crippen molar-refractivity contribution in [3.8, 4) is 57.6 Å². The first kappa shape index (κ1) is 93.4. The molecule has 15 aromatic rings. The molecule has 0 radical (unpaired) electrons. The van der Waals surface area contributed by atoms with Gasteiger partial charge in [0.1, 0.15) is 20.1 Å². The standard InChI is InChI=1S/C21H25ClN6O2S.C20H17N7.C18H19ClN6O2S2.C16H17N7.C16H16N6O3S.7H2/c1-28(2)9-4-10-31(29,30)16-6-3-5-15(11-16)20-23-13-17(22)21(25-20)24-19-12-18(26-27-19)14-7-8-14;1-2-14-12-22-20(23-16-7-3-13(4-8-16)9-10-21)25-19(14)24-18-11-17(26-27-18)15-5-6-15;19-12-10-20-18(22-17(12)21-15-9-13(23-24-15)11-3-4-11)14-5-6-16(28-14)29(26,27)25-7-1-2-8-25;17-11-2-1-3-12(8-11)19-16-18-7-6-14(21-16)20-15-9-13(22-23-15)10-4-5-10;17-26(24,25)11-3-1-2-10(6-11)15-18-8-13(23)16(20-15)19-14-7-12(21-22-14)9-4-5-9;;;;;;;/h3,5-6,11-14H,4,7-10H2,1-2H3,(H2,23,24,25,26,27);1,3-4,7-8,11-12,15H,5-6,9H2,(H3,22,23,24,25,26,27);5-6,9-11H,1-4,7-8H2,(H2,20,21,22,23,24);1-3,6-10H,4-5,17H2,(H3,18,19,20,21,22,23);1-3,6-9,23H,4-5H2,(H2,17,24,25)(H2,18,19,20,21,22);7*1H. The monoisotopic (exact) mass is 1960 g/mol. The Morgan fingerprint density at radius 2 is 0.993 bits per heavy atom. The van der Waals surface area contributed by atoms with Crippen LogP contribution in [0.4, 0.5) is 87.1 Å². The normalized spacial score (nSPS) is 14.6. The third-order valence-electron chi connectivity index (χ3n) is 22.2. The Kier molecular flexibility index (Phi) is 28.6. The SMILES string of the molecule is C#Cc1cnc(Nc2ccc(CC#N)cc2)nc1Nc1cc(C2CC2)[nH]n1.CN(C)CCCS(=O)(=O)c1cccc(-c2ncc(Cl)c(Nc3cc(C4CC4)[nH]n3)n2)c1.NS(=O)(=O)c1cccc(-c2ncc(O)c(Nc3cc(C4CC4)[nH]n3)n2)c1.Nc1cccc(Nc2nccc(Nc3cc(C4CC4)[nH]n3)n2)c1.O=S(=O)(c1ccc(-c2ncc(Cl)c(Nc3cc(C4CC4)[nH]n3)n2)s1)N1CCCC1.[HH].[HH].[HH].[HH].[HH].[HH].[HH]. The molecule has 0 bridgehead atoms. The summed E-state index contributed by atoms with van der Waals surface area (Å²) in [5, 5.41) is 82.8. The molecule has 12 heterocycles. The molecule has 0 spiro atoms. The average Bonchev–Trinajstić information content (AvgIpc) is 1.75. The Morgan fingerprint density at radius 1 is 0.515 bits per heavy atom. The minimum absolute atomic E-state index is 0. The van der Waals surface area contributed by atoms with E-state index in [-0.39, 0.29) is 42.9 Å². The molecule has 21 rings (SSSR count). The fourth-order valence-corrected chi connectivity index (χ4v) is 19.3. The highest BCUT2D eigenvalue weighted by atomic mass is 35.5. The van der Waals surface area contributed by atoms with Crippen molar-refractivity contribution in [2.24, 2.45) is 5.14 Å². The number of aromatic hydroxyl groups is 1. The molecule has 1 saturated heterocycles. The molecule has 39 nitrogen and oxygen atoms in total. The first-order valence-corrected chi connectivity index (χ1v) is 49.9. The van der Waals surface area contributed by atoms with Crippen LogP contribution in [0, 0.1) is 23.7 Å². The summed E-state index contributed by atoms with van der Waals surface area (Å²) in [7, 11) is -6.83. The van der Waals surface area contributed by atoms with Gasteiger partial charge in [-0.1, -0.05) is 71.6 Å². The van der Waals surface area contributed by atoms with Crippen molar-refractivity contribution in [3.05, 3.63) is 226 Å². The maximum absolute atomic E-state index is 12.8. The lowest BCUT2D eigenvalue weighted by molar-refractivity contribution is 0.408. The first-order chi connectivity index (χ1) is 65.7. The average molecular weight is 1960 g/mol. The molecule has 4 aromatic carbocycles. The number of benzene rings is 4. The lowest BCUT2D eigenvalue weighted by Crippen LogP contribution is -2.27. The highest BCUT2D eigenvalue weighted by molar-refractivity contribution is 7.91. The number of aromatic nitrogens is 20. The Balaban J connectivity index is 0.000000182. The summed E-state index contributed by atoms with van der Waals surface area (Å²) < 4.78 is 75.8. The second-order valence-corrected chi connectivity index (χ2v) is 41.1. The number of aromatic amines is 5. The van der Waals surface area contributed by atoms with Crippen LogP contribution in [0.15, 0.2) is 191 Å². The smallest absolute Gasteiger partial charge is 0.252 e. The number of rotatable bonds is 31. The zero-order chi connectivity index (χ0) is 94.6. The van der Waals surface area contributed by atoms with Crippen molar-refractivity contribution >= 4 is 152 Å². The quantitative estimate of drug-likeness (QED) is 0.0142. The molecule has 136 heavy (non-hydrogen) atoms. The van der Waals surface area contributed by atoms with E-state index in [0.717, 1.165) is 71.2 Å². The highest BCUT2D eigenvalue weighted by Crippen LogP contribution is 2.45. The van der Waals surface area contributed by atoms with Crippen LogP contribution >= 0.6 is 34.5 Å². The molecule has 0 unspecified atom stereocenters. The minimum atomic E-state index is -3.83. The van der Waals surface area contributed by atoms with Gasteiger partial charge in [-0.2, -0.15) is 45.0 Å². The number of halogens is 2. The predicted molar refractivity (Wildman–Crippen MR) is 536 cm³/mol. The largest absolute Gasteiger partial charge is 0.503 e. The Morgan fingerprint density at radius 3 is 1.51 bits per heavy atom. The number of H-pyrrole nitrogens is 5. The van der Waals surface area contributed by atoms with Gasteiger partial charge in [0, 0.05) is 146 Å². The van der Waals surface area contributed by atoms with Gasteiger partial charge in [0.15, 0.2) is 85.4 Å². The molecule has 0 amide bonds. The van der Waals surface area contributed by atoms with E-state index in [4.69, 9.17) is 45.8 Å². The van der Waals surface area contributed by atoms with E-state index in [0.29, 0.717) is 174 Å². The molecule has 6 fully saturated rings. The minimum Gasteiger partial charge on any atom is -0.503 e. The number of sulfonamides is 2. The van der Waals surface area contributed by atoms with Crippen LogP contribution < -0.4 is 48.1 Å². The summed E-state index contributed by atoms with van der Waals surface area (Å²) >= 11 is 13.7. The fourth-order valence-electron chi connectivity index (χ4n) is 14.2. The number of anilines is 15. The summed E-state index contributed by atoms with van der Waals surface area (Å²) in [5.74, 6) is 12.8. The highest BCUT2D eigenvalue weighted by Gasteiger charge is 2.33. The predicted octanol–water partition coefficient (Wildman–Crippen LogP) is 18.2. The van der Waals surface area contributed by atoms with Crippen LogP contribution in [0.25, 0.3) is 33.5 Å². The van der Waals surface area contributed by atoms with E-state index in [1.54, 1.807) is 67.0 Å². The van der Waals surface area contributed by atoms with Crippen molar-refractivity contribution in [2.75, 3.05) is 82.4 Å². The Hall–Kier alpha value is -14.4. The number of nitrogen functional groups attached to an aromatic ring is 1. The van der Waals surface area contributed by atoms with Crippen LogP contribution in [0.5, 0.6) is 5.75 Å². The van der Waals surface area contributed by atoms with Crippen LogP contribution in [0.1, 0.15) is 163 Å². The van der Waals surface area contributed by atoms with Gasteiger partial charge in [0.25, 0.3) is 10.0 Å². The van der Waals surface area contributed by atoms with E-state index >= 15 is 0 Å². The van der Waals surface area contributed by atoms with Gasteiger partial charge in [-0.3, -0.25) is 25.5 Å². The van der Waals surface area contributed by atoms with Gasteiger partial charge in [0.2, 0.25) is 21.9 Å². The molecule has 45 heteroatoms. The van der Waals surface area contributed by atoms with Crippen LogP contribution in [0.2, 0.25) is 10.0 Å². The fraction of sp³-hybridized carbons (Fsp3) is 0.275. The lowest BCUT2D eigenvalue weighted by Gasteiger charge is -2.13. The zero-order valence-electron chi connectivity index (χ0n) is 73.4. The topological polar surface area (TPSA) is 561 Å². The van der Waals surface area contributed by atoms with Crippen LogP contribution in [0.3, 0.4) is 0 Å². The summed E-state index contributed by atoms with van der Waals surface area (Å²) in [5.41, 5.74) is 16.3. The number of hydrogen-bond donors (Lipinski definition) is 15. The summed E-state index contributed by atoms with van der Waals surface area (Å²) in [6.45, 7) is 1.87. The first-order valence-electron chi connectivity index (χ1n) is 43.7. The molecule has 5 aliphatic carbocycles. The number of nitrogens with one attached hydrogen (secondary N) is 12. The van der Waals surface area contributed by atoms with Gasteiger partial charge >= 0.3 is 0 Å². The van der Waals surface area contributed by atoms with Gasteiger partial charge in [0.05, 0.1) is 63.3 Å². The van der Waals surface area contributed by atoms with Gasteiger partial charge in [-0.15, -0.1) is 17.8 Å². The molecule has 0 atom stereocenters. The molecule has 1 aliphatic heterocycles. The zero-order valence-corrected chi connectivity index (χ0v) is 78.2. The van der Waals surface area contributed by atoms with E-state index in [9.17, 15) is 30.4 Å². The van der Waals surface area contributed by atoms with E-state index in [2.05, 4.69) is 150 Å². The number of sulfone groups is 1. The molecule has 17 N–H and O–H groups in total. The third kappa shape index (κ3) is 25.0. The molecule has 11 aromatic heterocycles. The van der Waals surface area contributed by atoms with E-state index in [1.165, 1.54) is 103 Å². The molecular formula is C91H108Cl2N32O7S4. The maximum Gasteiger partial charge on any atom is 0.252 e. The number of hydrogen-bond acceptors (Lipinski definition) is 33. The number of nitrogens with two attached hydrogens (primary N) is 2. The van der Waals surface area contributed by atoms with E-state index < -0.39 is 29.9 Å². The third-order valence-corrected chi connectivity index (χ3v) is 28.9. The van der Waals surface area contributed by atoms with E-state index in [1.807, 2.05) is 97.9 Å². The number of terminal acetylenes is 1. The Bertz CT molecular complexity index is 7280. The van der Waals surface area contributed by atoms with Gasteiger partial charge in [-0.25, -0.2) is 70.3 Å². The number of nitriles is 1. The summed E-state index contributed by atoms with van der Waals surface area (Å²) in [6, 6.07) is 44.8. The molecular weight excluding hydrogens is 1850 g/mol.